The van der Waals surface area contributed by atoms with Gasteiger partial charge in [-0.15, -0.1) is 11.3 Å². The number of aromatic nitrogens is 1. The molecule has 1 N–H and O–H groups in total. The molecule has 0 unspecified atom stereocenters. The van der Waals surface area contributed by atoms with Gasteiger partial charge in [0.25, 0.3) is 0 Å². The van der Waals surface area contributed by atoms with Gasteiger partial charge in [-0.3, -0.25) is 4.79 Å². The zero-order valence-electron chi connectivity index (χ0n) is 9.69. The van der Waals surface area contributed by atoms with Crippen molar-refractivity contribution in [1.82, 2.24) is 10.3 Å². The fourth-order valence-corrected chi connectivity index (χ4v) is 2.06. The number of carbonyl (C=O) groups is 2. The molecule has 0 aliphatic carbocycles. The second kappa shape index (κ2) is 7.01. The molecule has 0 aliphatic heterocycles. The average Bonchev–Trinajstić information content (AvgIpc) is 2.64. The van der Waals surface area contributed by atoms with Crippen LogP contribution in [0.2, 0.25) is 0 Å². The molecule has 1 amide bonds. The first-order valence-electron chi connectivity index (χ1n) is 5.51. The van der Waals surface area contributed by atoms with Crippen LogP contribution in [0.3, 0.4) is 0 Å². The van der Waals surface area contributed by atoms with E-state index in [-0.39, 0.29) is 18.7 Å². The molecule has 0 atom stereocenters. The highest BCUT2D eigenvalue weighted by atomic mass is 32.1. The van der Waals surface area contributed by atoms with Crippen molar-refractivity contribution < 1.29 is 14.7 Å². The van der Waals surface area contributed by atoms with Gasteiger partial charge in [-0.1, -0.05) is 13.3 Å². The number of unbranched alkanes of at least 4 members (excludes halogenated alkanes) is 1. The van der Waals surface area contributed by atoms with Gasteiger partial charge in [0.05, 0.1) is 12.1 Å². The summed E-state index contributed by atoms with van der Waals surface area (Å²) in [4.78, 5) is 25.8. The predicted octanol–water partition coefficient (Wildman–Crippen LogP) is -0.106. The van der Waals surface area contributed by atoms with E-state index in [0.717, 1.165) is 12.8 Å². The molecule has 0 saturated carbocycles. The third-order valence-electron chi connectivity index (χ3n) is 2.09. The summed E-state index contributed by atoms with van der Waals surface area (Å²) in [6.45, 7) is 2.73. The number of carboxylic acid groups (broad SMARTS) is 1. The maximum atomic E-state index is 11.4. The fourth-order valence-electron chi connectivity index (χ4n) is 1.26. The standard InChI is InChI=1S/C11H16N2O3S/c1-2-3-4-12-9(14)6-10-13-8(7-17-10)5-11(15)16/h7H,2-6H2,1H3,(H,12,14)(H,15,16)/p-1. The zero-order valence-corrected chi connectivity index (χ0v) is 10.5. The maximum Gasteiger partial charge on any atom is 0.226 e. The molecule has 6 heteroatoms. The molecule has 1 aromatic heterocycles. The predicted molar refractivity (Wildman–Crippen MR) is 62.4 cm³/mol. The quantitative estimate of drug-likeness (QED) is 0.689. The van der Waals surface area contributed by atoms with Crippen molar-refractivity contribution in [3.63, 3.8) is 0 Å². The van der Waals surface area contributed by atoms with Crippen LogP contribution < -0.4 is 10.4 Å². The van der Waals surface area contributed by atoms with Crippen molar-refractivity contribution >= 4 is 23.2 Å². The Morgan fingerprint density at radius 3 is 2.88 bits per heavy atom. The third-order valence-corrected chi connectivity index (χ3v) is 2.99. The van der Waals surface area contributed by atoms with Crippen LogP contribution in [0.5, 0.6) is 0 Å². The number of hydrogen-bond donors (Lipinski definition) is 1. The van der Waals surface area contributed by atoms with Crippen LogP contribution in [-0.2, 0) is 22.4 Å². The van der Waals surface area contributed by atoms with E-state index >= 15 is 0 Å². The lowest BCUT2D eigenvalue weighted by Crippen LogP contribution is -2.26. The fraction of sp³-hybridized carbons (Fsp3) is 0.545. The van der Waals surface area contributed by atoms with Gasteiger partial charge in [0.2, 0.25) is 5.91 Å². The van der Waals surface area contributed by atoms with Crippen LogP contribution in [-0.4, -0.2) is 23.4 Å². The number of nitrogens with zero attached hydrogens (tertiary/aromatic N) is 1. The summed E-state index contributed by atoms with van der Waals surface area (Å²) >= 11 is 1.30. The number of rotatable bonds is 7. The van der Waals surface area contributed by atoms with Gasteiger partial charge in [-0.2, -0.15) is 0 Å². The molecule has 17 heavy (non-hydrogen) atoms. The van der Waals surface area contributed by atoms with E-state index in [1.807, 2.05) is 0 Å². The molecule has 0 fully saturated rings. The topological polar surface area (TPSA) is 82.1 Å². The van der Waals surface area contributed by atoms with Gasteiger partial charge in [0, 0.05) is 24.3 Å². The first-order chi connectivity index (χ1) is 8.11. The van der Waals surface area contributed by atoms with Crippen LogP contribution >= 0.6 is 11.3 Å². The molecule has 0 saturated heterocycles. The van der Waals surface area contributed by atoms with E-state index in [1.165, 1.54) is 11.3 Å². The molecule has 0 radical (unpaired) electrons. The van der Waals surface area contributed by atoms with Crippen molar-refractivity contribution in [2.45, 2.75) is 32.6 Å². The average molecular weight is 255 g/mol. The van der Waals surface area contributed by atoms with E-state index in [0.29, 0.717) is 17.2 Å². The maximum absolute atomic E-state index is 11.4. The van der Waals surface area contributed by atoms with Crippen LogP contribution in [0.1, 0.15) is 30.5 Å². The monoisotopic (exact) mass is 255 g/mol. The Bertz CT molecular complexity index is 390. The van der Waals surface area contributed by atoms with Crippen LogP contribution in [0.15, 0.2) is 5.38 Å². The third kappa shape index (κ3) is 5.44. The summed E-state index contributed by atoms with van der Waals surface area (Å²) in [6.07, 6.45) is 2.00. The van der Waals surface area contributed by atoms with Gasteiger partial charge in [-0.25, -0.2) is 4.98 Å². The number of hydrogen-bond acceptors (Lipinski definition) is 5. The zero-order chi connectivity index (χ0) is 12.7. The molecular weight excluding hydrogens is 240 g/mol. The van der Waals surface area contributed by atoms with E-state index in [4.69, 9.17) is 0 Å². The Morgan fingerprint density at radius 1 is 1.47 bits per heavy atom. The molecule has 0 spiro atoms. The van der Waals surface area contributed by atoms with Crippen molar-refractivity contribution in [2.24, 2.45) is 0 Å². The minimum atomic E-state index is -1.16. The van der Waals surface area contributed by atoms with Gasteiger partial charge in [0.1, 0.15) is 5.01 Å². The molecule has 1 rings (SSSR count). The molecule has 1 heterocycles. The molecular formula is C11H15N2O3S-. The number of carbonyl (C=O) groups excluding carboxylic acids is 2. The minimum Gasteiger partial charge on any atom is -0.550 e. The summed E-state index contributed by atoms with van der Waals surface area (Å²) in [5, 5.41) is 15.4. The number of nitrogens with one attached hydrogen (secondary N) is 1. The van der Waals surface area contributed by atoms with E-state index in [1.54, 1.807) is 5.38 Å². The Labute approximate surface area is 104 Å². The van der Waals surface area contributed by atoms with E-state index < -0.39 is 5.97 Å². The largest absolute Gasteiger partial charge is 0.550 e. The molecule has 5 nitrogen and oxygen atoms in total. The number of amides is 1. The second-order valence-electron chi connectivity index (χ2n) is 3.66. The molecule has 0 aliphatic rings. The highest BCUT2D eigenvalue weighted by Crippen LogP contribution is 2.10. The van der Waals surface area contributed by atoms with Gasteiger partial charge >= 0.3 is 0 Å². The molecule has 94 valence electrons. The SMILES string of the molecule is CCCCNC(=O)Cc1nc(CC(=O)[O-])cs1. The van der Waals surface area contributed by atoms with E-state index in [2.05, 4.69) is 17.2 Å². The summed E-state index contributed by atoms with van der Waals surface area (Å²) in [6, 6.07) is 0. The summed E-state index contributed by atoms with van der Waals surface area (Å²) in [5.74, 6) is -1.23. The van der Waals surface area contributed by atoms with Crippen molar-refractivity contribution in [2.75, 3.05) is 6.54 Å². The smallest absolute Gasteiger partial charge is 0.226 e. The van der Waals surface area contributed by atoms with Crippen LogP contribution in [0.4, 0.5) is 0 Å². The normalized spacial score (nSPS) is 10.2. The number of thiazole rings is 1. The summed E-state index contributed by atoms with van der Waals surface area (Å²) < 4.78 is 0. The van der Waals surface area contributed by atoms with Gasteiger partial charge < -0.3 is 15.2 Å². The lowest BCUT2D eigenvalue weighted by molar-refractivity contribution is -0.304. The van der Waals surface area contributed by atoms with Gasteiger partial charge in [-0.05, 0) is 6.42 Å². The Balaban J connectivity index is 2.38. The highest BCUT2D eigenvalue weighted by Gasteiger charge is 2.07. The number of aliphatic carboxylic acids is 1. The molecule has 1 aromatic rings. The lowest BCUT2D eigenvalue weighted by atomic mass is 10.3. The Kier molecular flexibility index (Phi) is 5.62. The number of carboxylic acids is 1. The van der Waals surface area contributed by atoms with Crippen LogP contribution in [0.25, 0.3) is 0 Å². The Hall–Kier alpha value is -1.43. The lowest BCUT2D eigenvalue weighted by Gasteiger charge is -2.01. The Morgan fingerprint density at radius 2 is 2.24 bits per heavy atom. The molecule has 0 aromatic carbocycles. The second-order valence-corrected chi connectivity index (χ2v) is 4.60. The molecule has 0 bridgehead atoms. The summed E-state index contributed by atoms with van der Waals surface area (Å²) in [7, 11) is 0. The van der Waals surface area contributed by atoms with Gasteiger partial charge in [0.15, 0.2) is 0 Å². The highest BCUT2D eigenvalue weighted by molar-refractivity contribution is 7.09. The van der Waals surface area contributed by atoms with Crippen molar-refractivity contribution in [3.05, 3.63) is 16.1 Å². The first kappa shape index (κ1) is 13.6. The van der Waals surface area contributed by atoms with Crippen LogP contribution in [0, 0.1) is 0 Å². The van der Waals surface area contributed by atoms with Crippen molar-refractivity contribution in [3.8, 4) is 0 Å². The first-order valence-corrected chi connectivity index (χ1v) is 6.39. The van der Waals surface area contributed by atoms with E-state index in [9.17, 15) is 14.7 Å². The summed E-state index contributed by atoms with van der Waals surface area (Å²) in [5.41, 5.74) is 0.450. The van der Waals surface area contributed by atoms with Crippen molar-refractivity contribution in [1.29, 1.82) is 0 Å². The minimum absolute atomic E-state index is 0.0761.